The molecule has 2 N–H and O–H groups in total. The third-order valence-corrected chi connectivity index (χ3v) is 5.99. The van der Waals surface area contributed by atoms with Crippen LogP contribution >= 0.6 is 23.2 Å². The van der Waals surface area contributed by atoms with Gasteiger partial charge in [0.1, 0.15) is 10.4 Å². The molecule has 138 valence electrons. The number of benzene rings is 2. The molecule has 6 nitrogen and oxygen atoms in total. The lowest BCUT2D eigenvalue weighted by atomic mass is 10.0. The van der Waals surface area contributed by atoms with Gasteiger partial charge in [0.25, 0.3) is 10.0 Å². The quantitative estimate of drug-likeness (QED) is 0.650. The highest BCUT2D eigenvalue weighted by atomic mass is 35.5. The van der Waals surface area contributed by atoms with E-state index in [1.165, 1.54) is 18.2 Å². The fourth-order valence-corrected chi connectivity index (χ4v) is 4.42. The van der Waals surface area contributed by atoms with E-state index in [-0.39, 0.29) is 21.0 Å². The zero-order valence-corrected chi connectivity index (χ0v) is 16.1. The predicted octanol–water partition coefficient (Wildman–Crippen LogP) is 4.44. The molecule has 3 aromatic rings. The first kappa shape index (κ1) is 17.9. The minimum absolute atomic E-state index is 0.0497. The number of allylic oxidation sites excluding steroid dienone is 2. The highest BCUT2D eigenvalue weighted by Crippen LogP contribution is 2.31. The summed E-state index contributed by atoms with van der Waals surface area (Å²) in [4.78, 5) is 4.17. The molecular weight excluding hydrogens is 409 g/mol. The lowest BCUT2D eigenvalue weighted by Crippen LogP contribution is -2.13. The van der Waals surface area contributed by atoms with Gasteiger partial charge in [-0.05, 0) is 42.1 Å². The van der Waals surface area contributed by atoms with Crippen LogP contribution in [0.5, 0.6) is 0 Å². The van der Waals surface area contributed by atoms with Gasteiger partial charge < -0.3 is 9.73 Å². The molecule has 4 rings (SSSR count). The number of nitrogens with one attached hydrogen (secondary N) is 2. The third-order valence-electron chi connectivity index (χ3n) is 3.95. The van der Waals surface area contributed by atoms with E-state index in [1.807, 2.05) is 30.5 Å². The number of nitrogens with zero attached hydrogens (tertiary/aromatic N) is 1. The Bertz CT molecular complexity index is 1200. The van der Waals surface area contributed by atoms with Crippen LogP contribution in [0.2, 0.25) is 10.0 Å². The van der Waals surface area contributed by atoms with Crippen LogP contribution in [0.3, 0.4) is 0 Å². The maximum absolute atomic E-state index is 12.7. The number of hydrogen-bond acceptors (Lipinski definition) is 5. The standard InChI is InChI=1S/C18H13Cl2N3O3S/c19-12-4-5-14(20)16(10-12)27(24,25)23-18-22-17-13(2-1-3-15(17)26-18)11-6-8-21-9-7-11/h1-8,10,21H,9H2,(H,22,23). The molecule has 0 bridgehead atoms. The van der Waals surface area contributed by atoms with Gasteiger partial charge in [0.2, 0.25) is 0 Å². The average molecular weight is 422 g/mol. The summed E-state index contributed by atoms with van der Waals surface area (Å²) in [6, 6.07) is 9.50. The largest absolute Gasteiger partial charge is 0.423 e. The van der Waals surface area contributed by atoms with Gasteiger partial charge in [-0.2, -0.15) is 4.98 Å². The molecule has 2 aromatic carbocycles. The van der Waals surface area contributed by atoms with E-state index in [1.54, 1.807) is 6.07 Å². The first-order valence-corrected chi connectivity index (χ1v) is 10.2. The smallest absolute Gasteiger partial charge is 0.309 e. The second-order valence-electron chi connectivity index (χ2n) is 5.75. The van der Waals surface area contributed by atoms with Crippen molar-refractivity contribution in [3.63, 3.8) is 0 Å². The summed E-state index contributed by atoms with van der Waals surface area (Å²) >= 11 is 11.9. The number of dihydropyridines is 1. The number of fused-ring (bicyclic) bond motifs is 1. The molecule has 0 radical (unpaired) electrons. The van der Waals surface area contributed by atoms with Crippen LogP contribution in [0.25, 0.3) is 16.7 Å². The molecule has 0 unspecified atom stereocenters. The molecule has 1 aliphatic heterocycles. The van der Waals surface area contributed by atoms with Crippen LogP contribution in [0, 0.1) is 0 Å². The Balaban J connectivity index is 1.74. The van der Waals surface area contributed by atoms with Gasteiger partial charge in [-0.3, -0.25) is 0 Å². The molecule has 0 aliphatic carbocycles. The van der Waals surface area contributed by atoms with Crippen molar-refractivity contribution in [2.24, 2.45) is 0 Å². The van der Waals surface area contributed by atoms with Crippen molar-refractivity contribution < 1.29 is 12.8 Å². The summed E-state index contributed by atoms with van der Waals surface area (Å²) < 4.78 is 33.2. The Morgan fingerprint density at radius 2 is 2.04 bits per heavy atom. The second kappa shape index (κ2) is 6.92. The second-order valence-corrected chi connectivity index (χ2v) is 8.25. The van der Waals surface area contributed by atoms with Crippen molar-refractivity contribution in [2.45, 2.75) is 4.90 Å². The Hall–Kier alpha value is -2.48. The Morgan fingerprint density at radius 3 is 2.81 bits per heavy atom. The molecule has 0 saturated carbocycles. The lowest BCUT2D eigenvalue weighted by molar-refractivity contribution is 0.591. The first-order valence-electron chi connectivity index (χ1n) is 7.92. The minimum Gasteiger partial charge on any atom is -0.423 e. The fourth-order valence-electron chi connectivity index (χ4n) is 2.73. The normalized spacial score (nSPS) is 14.1. The molecule has 27 heavy (non-hydrogen) atoms. The Labute approximate surface area is 165 Å². The molecular formula is C18H13Cl2N3O3S. The van der Waals surface area contributed by atoms with E-state index in [0.29, 0.717) is 17.6 Å². The minimum atomic E-state index is -4.01. The van der Waals surface area contributed by atoms with E-state index < -0.39 is 10.0 Å². The average Bonchev–Trinajstić information content (AvgIpc) is 3.05. The predicted molar refractivity (Wildman–Crippen MR) is 106 cm³/mol. The number of sulfonamides is 1. The summed E-state index contributed by atoms with van der Waals surface area (Å²) in [6.45, 7) is 0.701. The number of para-hydroxylation sites is 1. The summed E-state index contributed by atoms with van der Waals surface area (Å²) in [5.74, 6) is 0. The van der Waals surface area contributed by atoms with Crippen LogP contribution in [0.1, 0.15) is 5.56 Å². The Kier molecular flexibility index (Phi) is 4.59. The molecule has 1 aromatic heterocycles. The van der Waals surface area contributed by atoms with Gasteiger partial charge in [0, 0.05) is 17.1 Å². The van der Waals surface area contributed by atoms with Crippen LogP contribution < -0.4 is 10.0 Å². The van der Waals surface area contributed by atoms with Crippen molar-refractivity contribution in [1.82, 2.24) is 10.3 Å². The zero-order valence-electron chi connectivity index (χ0n) is 13.7. The monoisotopic (exact) mass is 421 g/mol. The molecule has 1 aliphatic rings. The van der Waals surface area contributed by atoms with Gasteiger partial charge in [-0.25, -0.2) is 13.1 Å². The fraction of sp³-hybridized carbons (Fsp3) is 0.0556. The van der Waals surface area contributed by atoms with Crippen molar-refractivity contribution in [3.8, 4) is 0 Å². The van der Waals surface area contributed by atoms with Gasteiger partial charge in [-0.1, -0.05) is 41.4 Å². The highest BCUT2D eigenvalue weighted by molar-refractivity contribution is 7.92. The molecule has 0 amide bonds. The van der Waals surface area contributed by atoms with Crippen molar-refractivity contribution in [3.05, 3.63) is 70.4 Å². The number of hydrogen-bond donors (Lipinski definition) is 2. The first-order chi connectivity index (χ1) is 12.9. The lowest BCUT2D eigenvalue weighted by Gasteiger charge is -2.08. The number of oxazole rings is 1. The number of anilines is 1. The van der Waals surface area contributed by atoms with Gasteiger partial charge in [0.15, 0.2) is 5.58 Å². The zero-order chi connectivity index (χ0) is 19.0. The summed E-state index contributed by atoms with van der Waals surface area (Å²) in [5, 5.41) is 3.38. The molecule has 0 atom stereocenters. The molecule has 2 heterocycles. The number of aromatic nitrogens is 1. The number of rotatable bonds is 4. The maximum atomic E-state index is 12.7. The van der Waals surface area contributed by atoms with Gasteiger partial charge in [-0.15, -0.1) is 0 Å². The van der Waals surface area contributed by atoms with E-state index in [0.717, 1.165) is 11.1 Å². The SMILES string of the molecule is O=S(=O)(Nc1nc2c(C3=CCNC=C3)cccc2o1)c1cc(Cl)ccc1Cl. The van der Waals surface area contributed by atoms with Crippen LogP contribution in [-0.2, 0) is 10.0 Å². The maximum Gasteiger partial charge on any atom is 0.309 e. The summed E-state index contributed by atoms with van der Waals surface area (Å²) in [5.41, 5.74) is 2.85. The number of halogens is 2. The summed E-state index contributed by atoms with van der Waals surface area (Å²) in [7, 11) is -4.01. The summed E-state index contributed by atoms with van der Waals surface area (Å²) in [6.07, 6.45) is 5.78. The highest BCUT2D eigenvalue weighted by Gasteiger charge is 2.22. The van der Waals surface area contributed by atoms with Gasteiger partial charge in [0.05, 0.1) is 5.02 Å². The van der Waals surface area contributed by atoms with Crippen molar-refractivity contribution >= 4 is 55.9 Å². The van der Waals surface area contributed by atoms with E-state index in [4.69, 9.17) is 27.6 Å². The van der Waals surface area contributed by atoms with Crippen LogP contribution in [-0.4, -0.2) is 19.9 Å². The van der Waals surface area contributed by atoms with Crippen molar-refractivity contribution in [1.29, 1.82) is 0 Å². The topological polar surface area (TPSA) is 84.2 Å². The van der Waals surface area contributed by atoms with Gasteiger partial charge >= 0.3 is 6.01 Å². The van der Waals surface area contributed by atoms with E-state index in [9.17, 15) is 8.42 Å². The van der Waals surface area contributed by atoms with E-state index in [2.05, 4.69) is 15.0 Å². The van der Waals surface area contributed by atoms with Crippen LogP contribution in [0.4, 0.5) is 6.01 Å². The van der Waals surface area contributed by atoms with Crippen LogP contribution in [0.15, 0.2) is 64.1 Å². The molecule has 9 heteroatoms. The van der Waals surface area contributed by atoms with Crippen molar-refractivity contribution in [2.75, 3.05) is 11.3 Å². The Morgan fingerprint density at radius 1 is 1.19 bits per heavy atom. The molecule has 0 fully saturated rings. The molecule has 0 spiro atoms. The van der Waals surface area contributed by atoms with E-state index >= 15 is 0 Å². The third kappa shape index (κ3) is 3.53. The molecule has 0 saturated heterocycles.